The molecule has 1 N–H and O–H groups in total. The average Bonchev–Trinajstić information content (AvgIpc) is 2.85. The Kier molecular flexibility index (Phi) is 9.69. The third kappa shape index (κ3) is 7.92. The van der Waals surface area contributed by atoms with Gasteiger partial charge in [-0.05, 0) is 56.5 Å². The van der Waals surface area contributed by atoms with Gasteiger partial charge >= 0.3 is 0 Å². The molecule has 0 saturated carbocycles. The number of carbonyl (C=O) groups excluding carboxylic acids is 2. The van der Waals surface area contributed by atoms with E-state index in [1.165, 1.54) is 4.90 Å². The van der Waals surface area contributed by atoms with E-state index in [0.29, 0.717) is 12.1 Å². The zero-order chi connectivity index (χ0) is 27.9. The second kappa shape index (κ2) is 12.7. The summed E-state index contributed by atoms with van der Waals surface area (Å²) in [5, 5.41) is 2.96. The Morgan fingerprint density at radius 2 is 1.47 bits per heavy atom. The topological polar surface area (TPSA) is 86.8 Å². The smallest absolute Gasteiger partial charge is 0.244 e. The predicted molar refractivity (Wildman–Crippen MR) is 152 cm³/mol. The van der Waals surface area contributed by atoms with Gasteiger partial charge in [-0.2, -0.15) is 0 Å². The molecule has 0 bridgehead atoms. The molecule has 0 aromatic heterocycles. The van der Waals surface area contributed by atoms with Gasteiger partial charge in [0.2, 0.25) is 21.8 Å². The van der Waals surface area contributed by atoms with Crippen molar-refractivity contribution in [2.75, 3.05) is 17.1 Å². The van der Waals surface area contributed by atoms with Crippen molar-refractivity contribution in [2.45, 2.75) is 52.7 Å². The molecule has 2 amide bonds. The summed E-state index contributed by atoms with van der Waals surface area (Å²) in [6.07, 6.45) is 1.37. The van der Waals surface area contributed by atoms with Crippen molar-refractivity contribution in [2.24, 2.45) is 0 Å². The molecule has 0 heterocycles. The number of nitrogens with one attached hydrogen (secondary N) is 1. The molecular weight excluding hydrogens is 498 g/mol. The molecule has 0 aliphatic rings. The number of carbonyl (C=O) groups is 2. The molecule has 8 heteroatoms. The van der Waals surface area contributed by atoms with E-state index >= 15 is 0 Å². The van der Waals surface area contributed by atoms with E-state index in [0.717, 1.165) is 32.8 Å². The summed E-state index contributed by atoms with van der Waals surface area (Å²) in [7, 11) is -3.78. The predicted octanol–water partition coefficient (Wildman–Crippen LogP) is 4.23. The van der Waals surface area contributed by atoms with Crippen LogP contribution in [-0.2, 0) is 32.6 Å². The molecule has 0 radical (unpaired) electrons. The maximum atomic E-state index is 14.0. The summed E-state index contributed by atoms with van der Waals surface area (Å²) in [6, 6.07) is 23.2. The number of hydrogen-bond acceptors (Lipinski definition) is 4. The fourth-order valence-electron chi connectivity index (χ4n) is 4.23. The molecule has 1 atom stereocenters. The van der Waals surface area contributed by atoms with E-state index in [9.17, 15) is 18.0 Å². The largest absolute Gasteiger partial charge is 0.352 e. The van der Waals surface area contributed by atoms with Gasteiger partial charge in [-0.3, -0.25) is 13.9 Å². The number of anilines is 1. The Hall–Kier alpha value is -3.65. The molecule has 3 aromatic carbocycles. The fraction of sp³-hybridized carbons (Fsp3) is 0.333. The van der Waals surface area contributed by atoms with Crippen LogP contribution in [0.5, 0.6) is 0 Å². The van der Waals surface area contributed by atoms with Crippen molar-refractivity contribution in [3.05, 3.63) is 101 Å². The average molecular weight is 536 g/mol. The van der Waals surface area contributed by atoms with Gasteiger partial charge < -0.3 is 10.2 Å². The highest BCUT2D eigenvalue weighted by molar-refractivity contribution is 7.92. The lowest BCUT2D eigenvalue weighted by Crippen LogP contribution is -2.54. The molecule has 0 spiro atoms. The standard InChI is InChI=1S/C30H37N3O4S/c1-22(2)31-30(35)28(19-25-12-7-6-8-13-25)32(20-26-14-10-9-11-24(26)4)29(34)21-33(38(5,36)37)27-17-15-23(3)16-18-27/h6-18,22,28H,19-21H2,1-5H3,(H,31,35)/t28-/m0/s1. The molecule has 0 aliphatic heterocycles. The van der Waals surface area contributed by atoms with Gasteiger partial charge in [0.25, 0.3) is 0 Å². The number of nitrogens with zero attached hydrogens (tertiary/aromatic N) is 2. The highest BCUT2D eigenvalue weighted by Crippen LogP contribution is 2.21. The van der Waals surface area contributed by atoms with E-state index < -0.39 is 28.5 Å². The summed E-state index contributed by atoms with van der Waals surface area (Å²) < 4.78 is 26.7. The van der Waals surface area contributed by atoms with Crippen LogP contribution in [0.4, 0.5) is 5.69 Å². The lowest BCUT2D eigenvalue weighted by atomic mass is 10.0. The third-order valence-electron chi connectivity index (χ3n) is 6.31. The third-order valence-corrected chi connectivity index (χ3v) is 7.45. The summed E-state index contributed by atoms with van der Waals surface area (Å²) in [4.78, 5) is 29.1. The minimum Gasteiger partial charge on any atom is -0.352 e. The van der Waals surface area contributed by atoms with Crippen molar-refractivity contribution in [1.29, 1.82) is 0 Å². The maximum absolute atomic E-state index is 14.0. The van der Waals surface area contributed by atoms with Gasteiger partial charge in [-0.25, -0.2) is 8.42 Å². The zero-order valence-electron chi connectivity index (χ0n) is 22.7. The molecule has 0 unspecified atom stereocenters. The first kappa shape index (κ1) is 28.9. The van der Waals surface area contributed by atoms with Crippen molar-refractivity contribution >= 4 is 27.5 Å². The van der Waals surface area contributed by atoms with Gasteiger partial charge in [0.05, 0.1) is 11.9 Å². The quantitative estimate of drug-likeness (QED) is 0.398. The van der Waals surface area contributed by atoms with E-state index in [-0.39, 0.29) is 18.5 Å². The summed E-state index contributed by atoms with van der Waals surface area (Å²) in [5.74, 6) is -0.744. The normalized spacial score (nSPS) is 12.2. The van der Waals surface area contributed by atoms with E-state index in [1.54, 1.807) is 24.3 Å². The molecular formula is C30H37N3O4S. The molecule has 0 fully saturated rings. The van der Waals surface area contributed by atoms with Gasteiger partial charge in [0, 0.05) is 19.0 Å². The lowest BCUT2D eigenvalue weighted by molar-refractivity contribution is -0.140. The Labute approximate surface area is 226 Å². The maximum Gasteiger partial charge on any atom is 0.244 e. The highest BCUT2D eigenvalue weighted by atomic mass is 32.2. The zero-order valence-corrected chi connectivity index (χ0v) is 23.5. The summed E-state index contributed by atoms with van der Waals surface area (Å²) in [6.45, 7) is 7.34. The van der Waals surface area contributed by atoms with Gasteiger partial charge in [0.15, 0.2) is 0 Å². The number of sulfonamides is 1. The highest BCUT2D eigenvalue weighted by Gasteiger charge is 2.33. The van der Waals surface area contributed by atoms with E-state index in [2.05, 4.69) is 5.32 Å². The Bertz CT molecular complexity index is 1340. The molecule has 0 aliphatic carbocycles. The van der Waals surface area contributed by atoms with Crippen molar-refractivity contribution in [3.63, 3.8) is 0 Å². The van der Waals surface area contributed by atoms with Gasteiger partial charge in [0.1, 0.15) is 12.6 Å². The Morgan fingerprint density at radius 1 is 0.868 bits per heavy atom. The molecule has 3 rings (SSSR count). The second-order valence-electron chi connectivity index (χ2n) is 9.92. The van der Waals surface area contributed by atoms with Crippen LogP contribution in [0.2, 0.25) is 0 Å². The first-order valence-electron chi connectivity index (χ1n) is 12.7. The first-order valence-corrected chi connectivity index (χ1v) is 14.5. The second-order valence-corrected chi connectivity index (χ2v) is 11.8. The summed E-state index contributed by atoms with van der Waals surface area (Å²) in [5.41, 5.74) is 4.14. The fourth-order valence-corrected chi connectivity index (χ4v) is 5.08. The Morgan fingerprint density at radius 3 is 2.05 bits per heavy atom. The van der Waals surface area contributed by atoms with Gasteiger partial charge in [-0.15, -0.1) is 0 Å². The van der Waals surface area contributed by atoms with Crippen molar-refractivity contribution < 1.29 is 18.0 Å². The molecule has 3 aromatic rings. The van der Waals surface area contributed by atoms with Gasteiger partial charge in [-0.1, -0.05) is 72.3 Å². The number of rotatable bonds is 11. The molecule has 0 saturated heterocycles. The SMILES string of the molecule is Cc1ccc(N(CC(=O)N(Cc2ccccc2C)[C@@H](Cc2ccccc2)C(=O)NC(C)C)S(C)(=O)=O)cc1. The van der Waals surface area contributed by atoms with Crippen LogP contribution in [0.3, 0.4) is 0 Å². The van der Waals surface area contributed by atoms with E-state index in [4.69, 9.17) is 0 Å². The lowest BCUT2D eigenvalue weighted by Gasteiger charge is -2.34. The van der Waals surface area contributed by atoms with Crippen molar-refractivity contribution in [3.8, 4) is 0 Å². The van der Waals surface area contributed by atoms with E-state index in [1.807, 2.05) is 82.3 Å². The van der Waals surface area contributed by atoms with Crippen LogP contribution in [0, 0.1) is 13.8 Å². The van der Waals surface area contributed by atoms with Crippen LogP contribution < -0.4 is 9.62 Å². The minimum atomic E-state index is -3.78. The first-order chi connectivity index (χ1) is 18.0. The molecule has 7 nitrogen and oxygen atoms in total. The number of aryl methyl sites for hydroxylation is 2. The molecule has 202 valence electrons. The van der Waals surface area contributed by atoms with Crippen LogP contribution in [0.1, 0.15) is 36.1 Å². The number of amides is 2. The van der Waals surface area contributed by atoms with Crippen LogP contribution >= 0.6 is 0 Å². The monoisotopic (exact) mass is 535 g/mol. The van der Waals surface area contributed by atoms with Crippen LogP contribution in [0.15, 0.2) is 78.9 Å². The van der Waals surface area contributed by atoms with Crippen molar-refractivity contribution in [1.82, 2.24) is 10.2 Å². The molecule has 38 heavy (non-hydrogen) atoms. The van der Waals surface area contributed by atoms with Crippen LogP contribution in [0.25, 0.3) is 0 Å². The minimum absolute atomic E-state index is 0.128. The number of benzene rings is 3. The number of hydrogen-bond donors (Lipinski definition) is 1. The summed E-state index contributed by atoms with van der Waals surface area (Å²) >= 11 is 0. The van der Waals surface area contributed by atoms with Crippen LogP contribution in [-0.4, -0.2) is 50.0 Å². The Balaban J connectivity index is 2.06.